The number of alkyl halides is 1. The third kappa shape index (κ3) is 2.32. The molecule has 70 valence electrons. The lowest BCUT2D eigenvalue weighted by Crippen LogP contribution is -2.02. The predicted molar refractivity (Wildman–Crippen MR) is 59.2 cm³/mol. The molecule has 13 heavy (non-hydrogen) atoms. The Kier molecular flexibility index (Phi) is 2.70. The fourth-order valence-electron chi connectivity index (χ4n) is 1.49. The molecule has 1 aromatic carbocycles. The second-order valence-electron chi connectivity index (χ2n) is 3.72. The summed E-state index contributed by atoms with van der Waals surface area (Å²) in [5.41, 5.74) is 2.76. The first-order valence-electron chi connectivity index (χ1n) is 4.65. The van der Waals surface area contributed by atoms with Crippen LogP contribution in [0.1, 0.15) is 11.1 Å². The van der Waals surface area contributed by atoms with Gasteiger partial charge in [-0.3, -0.25) is 4.90 Å². The van der Waals surface area contributed by atoms with E-state index in [2.05, 4.69) is 52.0 Å². The van der Waals surface area contributed by atoms with Gasteiger partial charge < -0.3 is 0 Å². The van der Waals surface area contributed by atoms with Crippen LogP contribution in [-0.2, 0) is 6.54 Å². The summed E-state index contributed by atoms with van der Waals surface area (Å²) in [5.74, 6) is 0. The van der Waals surface area contributed by atoms with Crippen LogP contribution < -0.4 is 0 Å². The van der Waals surface area contributed by atoms with Crippen LogP contribution in [0.15, 0.2) is 24.3 Å². The lowest BCUT2D eigenvalue weighted by Gasteiger charge is -2.02. The number of hydrogen-bond acceptors (Lipinski definition) is 1. The highest BCUT2D eigenvalue weighted by molar-refractivity contribution is 9.09. The van der Waals surface area contributed by atoms with Crippen LogP contribution in [0.25, 0.3) is 0 Å². The third-order valence-electron chi connectivity index (χ3n) is 2.51. The standard InChI is InChI=1S/C11H14BrN/c1-9-2-4-10(5-3-9)7-13-8-11(13)6-12/h2-5,11H,6-8H2,1H3/t11-,13?/m0/s1. The number of aryl methyl sites for hydroxylation is 1. The summed E-state index contributed by atoms with van der Waals surface area (Å²) >= 11 is 3.50. The van der Waals surface area contributed by atoms with Gasteiger partial charge in [-0.25, -0.2) is 0 Å². The van der Waals surface area contributed by atoms with Gasteiger partial charge in [0, 0.05) is 24.5 Å². The van der Waals surface area contributed by atoms with Crippen molar-refractivity contribution < 1.29 is 0 Å². The molecular weight excluding hydrogens is 226 g/mol. The summed E-state index contributed by atoms with van der Waals surface area (Å²) in [6.45, 7) is 4.48. The largest absolute Gasteiger partial charge is 0.292 e. The van der Waals surface area contributed by atoms with Crippen molar-refractivity contribution in [3.05, 3.63) is 35.4 Å². The Balaban J connectivity index is 1.92. The van der Waals surface area contributed by atoms with Crippen LogP contribution in [0.2, 0.25) is 0 Å². The zero-order valence-electron chi connectivity index (χ0n) is 7.83. The number of halogens is 1. The molecule has 1 aliphatic heterocycles. The van der Waals surface area contributed by atoms with Crippen LogP contribution in [-0.4, -0.2) is 22.8 Å². The zero-order chi connectivity index (χ0) is 9.26. The molecule has 0 saturated carbocycles. The Hall–Kier alpha value is -0.340. The van der Waals surface area contributed by atoms with Gasteiger partial charge in [-0.05, 0) is 12.5 Å². The van der Waals surface area contributed by atoms with Crippen molar-refractivity contribution in [3.63, 3.8) is 0 Å². The minimum Gasteiger partial charge on any atom is -0.292 e. The number of rotatable bonds is 3. The van der Waals surface area contributed by atoms with Gasteiger partial charge >= 0.3 is 0 Å². The normalized spacial score (nSPS) is 26.0. The van der Waals surface area contributed by atoms with Crippen molar-refractivity contribution in [1.82, 2.24) is 4.90 Å². The second-order valence-corrected chi connectivity index (χ2v) is 4.37. The van der Waals surface area contributed by atoms with E-state index in [1.165, 1.54) is 17.7 Å². The molecule has 0 bridgehead atoms. The Morgan fingerprint density at radius 3 is 2.62 bits per heavy atom. The third-order valence-corrected chi connectivity index (χ3v) is 3.26. The van der Waals surface area contributed by atoms with Gasteiger partial charge in [0.25, 0.3) is 0 Å². The van der Waals surface area contributed by atoms with Gasteiger partial charge in [-0.1, -0.05) is 45.8 Å². The highest BCUT2D eigenvalue weighted by atomic mass is 79.9. The maximum absolute atomic E-state index is 3.50. The first-order valence-corrected chi connectivity index (χ1v) is 5.77. The van der Waals surface area contributed by atoms with Crippen LogP contribution in [0, 0.1) is 6.92 Å². The molecule has 0 amide bonds. The van der Waals surface area contributed by atoms with E-state index in [9.17, 15) is 0 Å². The summed E-state index contributed by atoms with van der Waals surface area (Å²) in [7, 11) is 0. The smallest absolute Gasteiger partial charge is 0.0324 e. The van der Waals surface area contributed by atoms with E-state index < -0.39 is 0 Å². The van der Waals surface area contributed by atoms with Crippen LogP contribution >= 0.6 is 15.9 Å². The predicted octanol–water partition coefficient (Wildman–Crippen LogP) is 2.57. The molecule has 0 spiro atoms. The Bertz CT molecular complexity index is 281. The average molecular weight is 240 g/mol. The molecule has 0 aliphatic carbocycles. The van der Waals surface area contributed by atoms with Gasteiger partial charge in [0.05, 0.1) is 0 Å². The summed E-state index contributed by atoms with van der Waals surface area (Å²) in [6, 6.07) is 9.59. The molecule has 1 saturated heterocycles. The molecule has 0 radical (unpaired) electrons. The van der Waals surface area contributed by atoms with E-state index in [1.807, 2.05) is 0 Å². The monoisotopic (exact) mass is 239 g/mol. The fraction of sp³-hybridized carbons (Fsp3) is 0.455. The highest BCUT2D eigenvalue weighted by Crippen LogP contribution is 2.22. The Morgan fingerprint density at radius 1 is 1.38 bits per heavy atom. The summed E-state index contributed by atoms with van der Waals surface area (Å²) in [6.07, 6.45) is 0. The summed E-state index contributed by atoms with van der Waals surface area (Å²) in [4.78, 5) is 2.47. The molecule has 0 N–H and O–H groups in total. The Labute approximate surface area is 87.9 Å². The van der Waals surface area contributed by atoms with E-state index in [0.29, 0.717) is 0 Å². The van der Waals surface area contributed by atoms with Crippen LogP contribution in [0.3, 0.4) is 0 Å². The molecule has 0 aromatic heterocycles. The fourth-order valence-corrected chi connectivity index (χ4v) is 2.11. The van der Waals surface area contributed by atoms with E-state index >= 15 is 0 Å². The van der Waals surface area contributed by atoms with Crippen LogP contribution in [0.4, 0.5) is 0 Å². The van der Waals surface area contributed by atoms with Gasteiger partial charge in [0.2, 0.25) is 0 Å². The molecule has 2 heteroatoms. The van der Waals surface area contributed by atoms with E-state index in [0.717, 1.165) is 17.9 Å². The molecule has 2 atom stereocenters. The molecular formula is C11H14BrN. The minimum atomic E-state index is 0.779. The first kappa shape index (κ1) is 9.22. The van der Waals surface area contributed by atoms with Crippen molar-refractivity contribution >= 4 is 15.9 Å². The summed E-state index contributed by atoms with van der Waals surface area (Å²) < 4.78 is 0. The molecule has 1 aromatic rings. The second kappa shape index (κ2) is 3.81. The average Bonchev–Trinajstić information content (AvgIpc) is 2.88. The molecule has 2 rings (SSSR count). The van der Waals surface area contributed by atoms with Gasteiger partial charge in [0.1, 0.15) is 0 Å². The van der Waals surface area contributed by atoms with E-state index in [-0.39, 0.29) is 0 Å². The lowest BCUT2D eigenvalue weighted by molar-refractivity contribution is 0.518. The topological polar surface area (TPSA) is 3.01 Å². The van der Waals surface area contributed by atoms with Crippen LogP contribution in [0.5, 0.6) is 0 Å². The molecule has 1 heterocycles. The highest BCUT2D eigenvalue weighted by Gasteiger charge is 2.31. The minimum absolute atomic E-state index is 0.779. The maximum Gasteiger partial charge on any atom is 0.0324 e. The van der Waals surface area contributed by atoms with Gasteiger partial charge in [0.15, 0.2) is 0 Å². The maximum atomic E-state index is 3.50. The van der Waals surface area contributed by atoms with Gasteiger partial charge in [-0.2, -0.15) is 0 Å². The lowest BCUT2D eigenvalue weighted by atomic mass is 10.1. The molecule has 1 fully saturated rings. The van der Waals surface area contributed by atoms with E-state index in [1.54, 1.807) is 0 Å². The van der Waals surface area contributed by atoms with Gasteiger partial charge in [-0.15, -0.1) is 0 Å². The van der Waals surface area contributed by atoms with E-state index in [4.69, 9.17) is 0 Å². The van der Waals surface area contributed by atoms with Crippen molar-refractivity contribution in [2.24, 2.45) is 0 Å². The van der Waals surface area contributed by atoms with Crippen molar-refractivity contribution in [2.45, 2.75) is 19.5 Å². The molecule has 1 unspecified atom stereocenters. The quantitative estimate of drug-likeness (QED) is 0.579. The Morgan fingerprint density at radius 2 is 2.08 bits per heavy atom. The van der Waals surface area contributed by atoms with Crippen molar-refractivity contribution in [1.29, 1.82) is 0 Å². The first-order chi connectivity index (χ1) is 6.29. The molecule has 1 aliphatic rings. The number of benzene rings is 1. The number of nitrogens with zero attached hydrogens (tertiary/aromatic N) is 1. The van der Waals surface area contributed by atoms with Crippen molar-refractivity contribution in [2.75, 3.05) is 11.9 Å². The number of hydrogen-bond donors (Lipinski definition) is 0. The zero-order valence-corrected chi connectivity index (χ0v) is 9.42. The summed E-state index contributed by atoms with van der Waals surface area (Å²) in [5, 5.41) is 1.11. The van der Waals surface area contributed by atoms with Crippen molar-refractivity contribution in [3.8, 4) is 0 Å². The molecule has 1 nitrogen and oxygen atoms in total. The SMILES string of the molecule is Cc1ccc(CN2C[C@@H]2CBr)cc1.